The summed E-state index contributed by atoms with van der Waals surface area (Å²) >= 11 is 6.28. The van der Waals surface area contributed by atoms with Crippen molar-refractivity contribution in [1.82, 2.24) is 0 Å². The molecule has 2 N–H and O–H groups in total. The Hall–Kier alpha value is -0.770. The van der Waals surface area contributed by atoms with Crippen molar-refractivity contribution in [2.45, 2.75) is 25.4 Å². The quantitative estimate of drug-likeness (QED) is 0.912. The zero-order chi connectivity index (χ0) is 13.0. The third-order valence-corrected chi connectivity index (χ3v) is 3.88. The predicted octanol–water partition coefficient (Wildman–Crippen LogP) is 2.46. The fraction of sp³-hybridized carbons (Fsp3) is 0.571. The molecule has 0 amide bonds. The second-order valence-corrected chi connectivity index (χ2v) is 5.17. The predicted molar refractivity (Wildman–Crippen MR) is 76.5 cm³/mol. The van der Waals surface area contributed by atoms with Crippen molar-refractivity contribution in [1.29, 1.82) is 0 Å². The Kier molecular flexibility index (Phi) is 4.87. The van der Waals surface area contributed by atoms with Gasteiger partial charge in [-0.05, 0) is 43.5 Å². The number of piperidine rings is 1. The lowest BCUT2D eigenvalue weighted by Crippen LogP contribution is -2.39. The summed E-state index contributed by atoms with van der Waals surface area (Å²) in [6.45, 7) is 2.66. The van der Waals surface area contributed by atoms with Gasteiger partial charge < -0.3 is 15.4 Å². The van der Waals surface area contributed by atoms with E-state index < -0.39 is 0 Å². The smallest absolute Gasteiger partial charge is 0.0746 e. The minimum Gasteiger partial charge on any atom is -0.380 e. The molecule has 2 rings (SSSR count). The molecule has 0 bridgehead atoms. The molecule has 3 nitrogen and oxygen atoms in total. The maximum absolute atomic E-state index is 6.28. The molecular formula is C14H21ClN2O. The first-order valence-corrected chi connectivity index (χ1v) is 6.88. The van der Waals surface area contributed by atoms with Gasteiger partial charge in [0.2, 0.25) is 0 Å². The molecule has 1 aliphatic heterocycles. The van der Waals surface area contributed by atoms with Crippen LogP contribution in [0.4, 0.5) is 5.69 Å². The molecule has 4 heteroatoms. The number of anilines is 1. The Balaban J connectivity index is 2.10. The Morgan fingerprint density at radius 3 is 3.00 bits per heavy atom. The molecule has 0 radical (unpaired) electrons. The fourth-order valence-electron chi connectivity index (χ4n) is 2.46. The first kappa shape index (κ1) is 13.7. The van der Waals surface area contributed by atoms with E-state index >= 15 is 0 Å². The van der Waals surface area contributed by atoms with Gasteiger partial charge in [-0.1, -0.05) is 17.7 Å². The Morgan fingerprint density at radius 2 is 2.33 bits per heavy atom. The molecule has 0 aliphatic carbocycles. The van der Waals surface area contributed by atoms with Gasteiger partial charge in [0.1, 0.15) is 0 Å². The molecule has 1 atom stereocenters. The van der Waals surface area contributed by atoms with Crippen molar-refractivity contribution in [3.63, 3.8) is 0 Å². The topological polar surface area (TPSA) is 38.5 Å². The van der Waals surface area contributed by atoms with Gasteiger partial charge in [0.25, 0.3) is 0 Å². The third-order valence-electron chi connectivity index (χ3n) is 3.53. The van der Waals surface area contributed by atoms with Gasteiger partial charge in [0.05, 0.1) is 6.10 Å². The van der Waals surface area contributed by atoms with E-state index in [1.807, 2.05) is 6.07 Å². The standard InChI is InChI=1S/C14H21ClN2O/c1-18-13-3-2-8-17(10-13)12-5-4-11(6-7-16)14(15)9-12/h4-5,9,13H,2-3,6-8,10,16H2,1H3. The number of halogens is 1. The molecular weight excluding hydrogens is 248 g/mol. The van der Waals surface area contributed by atoms with Crippen LogP contribution in [0.2, 0.25) is 5.02 Å². The minimum atomic E-state index is 0.334. The zero-order valence-electron chi connectivity index (χ0n) is 10.9. The van der Waals surface area contributed by atoms with Crippen molar-refractivity contribution in [3.05, 3.63) is 28.8 Å². The number of methoxy groups -OCH3 is 1. The van der Waals surface area contributed by atoms with Crippen LogP contribution in [0.5, 0.6) is 0 Å². The molecule has 100 valence electrons. The lowest BCUT2D eigenvalue weighted by molar-refractivity contribution is 0.0893. The number of rotatable bonds is 4. The number of hydrogen-bond acceptors (Lipinski definition) is 3. The van der Waals surface area contributed by atoms with Crippen LogP contribution in [0.25, 0.3) is 0 Å². The molecule has 0 aromatic heterocycles. The van der Waals surface area contributed by atoms with Crippen LogP contribution >= 0.6 is 11.6 Å². The summed E-state index contributed by atoms with van der Waals surface area (Å²) in [6, 6.07) is 6.26. The van der Waals surface area contributed by atoms with Gasteiger partial charge in [0.15, 0.2) is 0 Å². The van der Waals surface area contributed by atoms with Gasteiger partial charge >= 0.3 is 0 Å². The second kappa shape index (κ2) is 6.41. The van der Waals surface area contributed by atoms with Crippen LogP contribution in [0.1, 0.15) is 18.4 Å². The average Bonchev–Trinajstić information content (AvgIpc) is 2.41. The normalized spacial score (nSPS) is 20.2. The van der Waals surface area contributed by atoms with Crippen LogP contribution in [-0.2, 0) is 11.2 Å². The summed E-state index contributed by atoms with van der Waals surface area (Å²) < 4.78 is 5.44. The highest BCUT2D eigenvalue weighted by atomic mass is 35.5. The number of ether oxygens (including phenoxy) is 1. The van der Waals surface area contributed by atoms with E-state index in [-0.39, 0.29) is 0 Å². The molecule has 1 aromatic carbocycles. The molecule has 1 heterocycles. The lowest BCUT2D eigenvalue weighted by Gasteiger charge is -2.33. The van der Waals surface area contributed by atoms with Crippen LogP contribution in [0.15, 0.2) is 18.2 Å². The van der Waals surface area contributed by atoms with Crippen molar-refractivity contribution >= 4 is 17.3 Å². The third kappa shape index (κ3) is 3.16. The maximum Gasteiger partial charge on any atom is 0.0746 e. The van der Waals surface area contributed by atoms with E-state index in [1.54, 1.807) is 7.11 Å². The first-order chi connectivity index (χ1) is 8.74. The SMILES string of the molecule is COC1CCCN(c2ccc(CCN)c(Cl)c2)C1. The van der Waals surface area contributed by atoms with Gasteiger partial charge in [-0.2, -0.15) is 0 Å². The maximum atomic E-state index is 6.28. The number of benzene rings is 1. The summed E-state index contributed by atoms with van der Waals surface area (Å²) in [6.07, 6.45) is 3.48. The van der Waals surface area contributed by atoms with Crippen LogP contribution in [-0.4, -0.2) is 32.8 Å². The Morgan fingerprint density at radius 1 is 1.50 bits per heavy atom. The summed E-state index contributed by atoms with van der Waals surface area (Å²) in [5.74, 6) is 0. The number of hydrogen-bond donors (Lipinski definition) is 1. The molecule has 1 saturated heterocycles. The highest BCUT2D eigenvalue weighted by Gasteiger charge is 2.20. The number of nitrogens with zero attached hydrogens (tertiary/aromatic N) is 1. The summed E-state index contributed by atoms with van der Waals surface area (Å²) in [7, 11) is 1.78. The van der Waals surface area contributed by atoms with Gasteiger partial charge in [0, 0.05) is 30.9 Å². The van der Waals surface area contributed by atoms with Gasteiger partial charge in [-0.3, -0.25) is 0 Å². The highest BCUT2D eigenvalue weighted by molar-refractivity contribution is 6.31. The largest absolute Gasteiger partial charge is 0.380 e. The molecule has 0 saturated carbocycles. The molecule has 1 fully saturated rings. The van der Waals surface area contributed by atoms with E-state index in [0.29, 0.717) is 12.6 Å². The second-order valence-electron chi connectivity index (χ2n) is 4.76. The average molecular weight is 269 g/mol. The van der Waals surface area contributed by atoms with Crippen LogP contribution in [0.3, 0.4) is 0 Å². The van der Waals surface area contributed by atoms with E-state index in [2.05, 4.69) is 17.0 Å². The van der Waals surface area contributed by atoms with Gasteiger partial charge in [-0.15, -0.1) is 0 Å². The van der Waals surface area contributed by atoms with Crippen LogP contribution < -0.4 is 10.6 Å². The van der Waals surface area contributed by atoms with E-state index in [1.165, 1.54) is 12.1 Å². The zero-order valence-corrected chi connectivity index (χ0v) is 11.6. The van der Waals surface area contributed by atoms with E-state index in [9.17, 15) is 0 Å². The highest BCUT2D eigenvalue weighted by Crippen LogP contribution is 2.26. The summed E-state index contributed by atoms with van der Waals surface area (Å²) in [5, 5.41) is 0.817. The van der Waals surface area contributed by atoms with E-state index in [4.69, 9.17) is 22.1 Å². The van der Waals surface area contributed by atoms with Crippen molar-refractivity contribution in [2.24, 2.45) is 5.73 Å². The van der Waals surface area contributed by atoms with Crippen molar-refractivity contribution in [3.8, 4) is 0 Å². The van der Waals surface area contributed by atoms with Crippen molar-refractivity contribution < 1.29 is 4.74 Å². The molecule has 1 aliphatic rings. The van der Waals surface area contributed by atoms with Crippen LogP contribution in [0, 0.1) is 0 Å². The minimum absolute atomic E-state index is 0.334. The van der Waals surface area contributed by atoms with Gasteiger partial charge in [-0.25, -0.2) is 0 Å². The van der Waals surface area contributed by atoms with E-state index in [0.717, 1.165) is 36.5 Å². The molecule has 1 aromatic rings. The monoisotopic (exact) mass is 268 g/mol. The molecule has 0 spiro atoms. The Labute approximate surface area is 114 Å². The lowest BCUT2D eigenvalue weighted by atomic mass is 10.1. The fourth-order valence-corrected chi connectivity index (χ4v) is 2.73. The number of nitrogens with two attached hydrogens (primary N) is 1. The molecule has 18 heavy (non-hydrogen) atoms. The first-order valence-electron chi connectivity index (χ1n) is 6.51. The Bertz CT molecular complexity index is 397. The van der Waals surface area contributed by atoms with Crippen molar-refractivity contribution in [2.75, 3.05) is 31.6 Å². The summed E-state index contributed by atoms with van der Waals surface area (Å²) in [4.78, 5) is 2.34. The molecule has 1 unspecified atom stereocenters. The summed E-state index contributed by atoms with van der Waals surface area (Å²) in [5.41, 5.74) is 7.87.